The number of carbonyl (C=O) groups excluding carboxylic acids is 1. The number of rotatable bonds is 3. The smallest absolute Gasteiger partial charge is 0.221 e. The zero-order valence-electron chi connectivity index (χ0n) is 9.43. The SMILES string of the molecule is CCC(N)=S.CCc1ncn[nH]1.NNC=O. The van der Waals surface area contributed by atoms with Gasteiger partial charge in [-0.25, -0.2) is 10.8 Å². The molecule has 7 nitrogen and oxygen atoms in total. The van der Waals surface area contributed by atoms with Crippen molar-refractivity contribution >= 4 is 23.6 Å². The van der Waals surface area contributed by atoms with E-state index in [2.05, 4.69) is 33.2 Å². The van der Waals surface area contributed by atoms with E-state index >= 15 is 0 Å². The lowest BCUT2D eigenvalue weighted by atomic mass is 10.5. The van der Waals surface area contributed by atoms with Crippen LogP contribution in [0.5, 0.6) is 0 Å². The largest absolute Gasteiger partial charge is 0.393 e. The highest BCUT2D eigenvalue weighted by atomic mass is 32.1. The Morgan fingerprint density at radius 2 is 2.19 bits per heavy atom. The molecule has 1 rings (SSSR count). The summed E-state index contributed by atoms with van der Waals surface area (Å²) < 4.78 is 0. The molecule has 6 N–H and O–H groups in total. The van der Waals surface area contributed by atoms with E-state index in [1.807, 2.05) is 13.8 Å². The van der Waals surface area contributed by atoms with Gasteiger partial charge in [-0.2, -0.15) is 5.10 Å². The van der Waals surface area contributed by atoms with Crippen LogP contribution in [0.4, 0.5) is 0 Å². The van der Waals surface area contributed by atoms with E-state index in [0.717, 1.165) is 18.7 Å². The van der Waals surface area contributed by atoms with E-state index in [0.29, 0.717) is 11.4 Å². The van der Waals surface area contributed by atoms with E-state index in [9.17, 15) is 0 Å². The Labute approximate surface area is 100.0 Å². The van der Waals surface area contributed by atoms with Gasteiger partial charge in [-0.05, 0) is 6.42 Å². The van der Waals surface area contributed by atoms with Crippen LogP contribution in [0, 0.1) is 0 Å². The summed E-state index contributed by atoms with van der Waals surface area (Å²) >= 11 is 4.47. The lowest BCUT2D eigenvalue weighted by molar-refractivity contribution is -0.109. The molecule has 0 bridgehead atoms. The highest BCUT2D eigenvalue weighted by Crippen LogP contribution is 1.82. The van der Waals surface area contributed by atoms with Crippen molar-refractivity contribution < 1.29 is 4.79 Å². The molecule has 1 amide bonds. The Morgan fingerprint density at radius 1 is 1.69 bits per heavy atom. The fourth-order valence-electron chi connectivity index (χ4n) is 0.401. The minimum atomic E-state index is 0.403. The summed E-state index contributed by atoms with van der Waals surface area (Å²) in [5, 5.41) is 6.38. The molecule has 0 aliphatic carbocycles. The topological polar surface area (TPSA) is 123 Å². The second kappa shape index (κ2) is 13.5. The van der Waals surface area contributed by atoms with Gasteiger partial charge in [0.15, 0.2) is 0 Å². The predicted molar refractivity (Wildman–Crippen MR) is 66.2 cm³/mol. The molecule has 0 aliphatic heterocycles. The Hall–Kier alpha value is -1.54. The number of hydrazine groups is 1. The van der Waals surface area contributed by atoms with Gasteiger partial charge in [0.05, 0.1) is 4.99 Å². The average Bonchev–Trinajstić information content (AvgIpc) is 2.83. The first-order valence-electron chi connectivity index (χ1n) is 4.64. The number of hydrogen-bond acceptors (Lipinski definition) is 5. The summed E-state index contributed by atoms with van der Waals surface area (Å²) in [5.41, 5.74) is 6.77. The average molecular weight is 246 g/mol. The van der Waals surface area contributed by atoms with Crippen LogP contribution in [0.3, 0.4) is 0 Å². The predicted octanol–water partition coefficient (Wildman–Crippen LogP) is -0.344. The Balaban J connectivity index is 0. The lowest BCUT2D eigenvalue weighted by Gasteiger charge is -1.78. The van der Waals surface area contributed by atoms with Gasteiger partial charge in [0, 0.05) is 6.42 Å². The molecule has 0 fully saturated rings. The third kappa shape index (κ3) is 15.0. The number of aromatic amines is 1. The maximum absolute atomic E-state index is 8.94. The summed E-state index contributed by atoms with van der Waals surface area (Å²) in [6.07, 6.45) is 3.66. The third-order valence-corrected chi connectivity index (χ3v) is 1.50. The van der Waals surface area contributed by atoms with Crippen LogP contribution < -0.4 is 17.0 Å². The highest BCUT2D eigenvalue weighted by molar-refractivity contribution is 7.80. The minimum absolute atomic E-state index is 0.403. The number of hydrogen-bond donors (Lipinski definition) is 4. The van der Waals surface area contributed by atoms with Crippen molar-refractivity contribution in [1.82, 2.24) is 20.6 Å². The van der Waals surface area contributed by atoms with Crippen molar-refractivity contribution in [3.63, 3.8) is 0 Å². The van der Waals surface area contributed by atoms with Crippen molar-refractivity contribution in [3.05, 3.63) is 12.2 Å². The lowest BCUT2D eigenvalue weighted by Crippen LogP contribution is -2.18. The molecule has 0 unspecified atom stereocenters. The molecular formula is C8H18N6OS. The summed E-state index contributed by atoms with van der Waals surface area (Å²) in [7, 11) is 0. The Bertz CT molecular complexity index is 264. The maximum Gasteiger partial charge on any atom is 0.221 e. The van der Waals surface area contributed by atoms with E-state index < -0.39 is 0 Å². The van der Waals surface area contributed by atoms with Gasteiger partial charge in [-0.15, -0.1) is 0 Å². The fraction of sp³-hybridized carbons (Fsp3) is 0.500. The van der Waals surface area contributed by atoms with Crippen molar-refractivity contribution in [2.75, 3.05) is 0 Å². The summed E-state index contributed by atoms with van der Waals surface area (Å²) in [6, 6.07) is 0. The zero-order valence-corrected chi connectivity index (χ0v) is 10.3. The second-order valence-electron chi connectivity index (χ2n) is 2.39. The number of H-pyrrole nitrogens is 1. The van der Waals surface area contributed by atoms with Crippen LogP contribution in [-0.4, -0.2) is 26.6 Å². The zero-order chi connectivity index (χ0) is 12.8. The van der Waals surface area contributed by atoms with Gasteiger partial charge in [-0.3, -0.25) is 15.3 Å². The first-order valence-corrected chi connectivity index (χ1v) is 5.05. The quantitative estimate of drug-likeness (QED) is 0.190. The van der Waals surface area contributed by atoms with Crippen LogP contribution in [0.2, 0.25) is 0 Å². The molecular weight excluding hydrogens is 228 g/mol. The first-order chi connectivity index (χ1) is 7.62. The molecule has 0 atom stereocenters. The standard InChI is InChI=1S/C4H7N3.C3H7NS.CH4N2O/c1-2-4-5-3-6-7-4;1-2-3(4)5;2-3-1-4/h3H,2H2,1H3,(H,5,6,7);2H2,1H3,(H2,4,5);1H,2H2,(H,3,4). The van der Waals surface area contributed by atoms with Gasteiger partial charge in [0.2, 0.25) is 6.41 Å². The van der Waals surface area contributed by atoms with Crippen molar-refractivity contribution in [2.24, 2.45) is 11.6 Å². The molecule has 0 radical (unpaired) electrons. The molecule has 0 aromatic carbocycles. The second-order valence-corrected chi connectivity index (χ2v) is 2.91. The van der Waals surface area contributed by atoms with E-state index in [1.165, 1.54) is 6.33 Å². The molecule has 1 aromatic rings. The van der Waals surface area contributed by atoms with Gasteiger partial charge >= 0.3 is 0 Å². The van der Waals surface area contributed by atoms with Gasteiger partial charge in [-0.1, -0.05) is 26.1 Å². The number of nitrogens with zero attached hydrogens (tertiary/aromatic N) is 2. The number of thiocarbonyl (C=S) groups is 1. The minimum Gasteiger partial charge on any atom is -0.393 e. The summed E-state index contributed by atoms with van der Waals surface area (Å²) in [5.74, 6) is 5.35. The summed E-state index contributed by atoms with van der Waals surface area (Å²) in [6.45, 7) is 3.96. The Morgan fingerprint density at radius 3 is 2.31 bits per heavy atom. The van der Waals surface area contributed by atoms with Crippen LogP contribution in [0.15, 0.2) is 6.33 Å². The van der Waals surface area contributed by atoms with E-state index in [4.69, 9.17) is 10.5 Å². The van der Waals surface area contributed by atoms with Crippen molar-refractivity contribution in [2.45, 2.75) is 26.7 Å². The first kappa shape index (κ1) is 16.9. The van der Waals surface area contributed by atoms with Gasteiger partial charge < -0.3 is 5.73 Å². The molecule has 0 spiro atoms. The number of amides is 1. The molecule has 16 heavy (non-hydrogen) atoms. The van der Waals surface area contributed by atoms with Gasteiger partial charge in [0.1, 0.15) is 12.2 Å². The van der Waals surface area contributed by atoms with E-state index in [-0.39, 0.29) is 0 Å². The van der Waals surface area contributed by atoms with Gasteiger partial charge in [0.25, 0.3) is 0 Å². The third-order valence-electron chi connectivity index (χ3n) is 1.22. The van der Waals surface area contributed by atoms with Crippen molar-refractivity contribution in [3.8, 4) is 0 Å². The van der Waals surface area contributed by atoms with Crippen LogP contribution in [-0.2, 0) is 11.2 Å². The summed E-state index contributed by atoms with van der Waals surface area (Å²) in [4.78, 5) is 13.4. The molecule has 0 saturated heterocycles. The molecule has 0 saturated carbocycles. The van der Waals surface area contributed by atoms with Crippen LogP contribution >= 0.6 is 12.2 Å². The normalized spacial score (nSPS) is 7.69. The number of aryl methyl sites for hydroxylation is 1. The number of nitrogens with two attached hydrogens (primary N) is 2. The molecule has 1 heterocycles. The Kier molecular flexibility index (Phi) is 14.2. The molecule has 0 aliphatic rings. The maximum atomic E-state index is 8.94. The fourth-order valence-corrected chi connectivity index (χ4v) is 0.401. The van der Waals surface area contributed by atoms with Crippen LogP contribution in [0.25, 0.3) is 0 Å². The molecule has 92 valence electrons. The molecule has 1 aromatic heterocycles. The number of carbonyl (C=O) groups is 1. The highest BCUT2D eigenvalue weighted by Gasteiger charge is 1.84. The monoisotopic (exact) mass is 246 g/mol. The molecule has 8 heteroatoms. The van der Waals surface area contributed by atoms with Crippen LogP contribution in [0.1, 0.15) is 26.1 Å². The van der Waals surface area contributed by atoms with Crippen molar-refractivity contribution in [1.29, 1.82) is 0 Å². The van der Waals surface area contributed by atoms with E-state index in [1.54, 1.807) is 5.43 Å². The number of nitrogens with one attached hydrogen (secondary N) is 2. The number of aromatic nitrogens is 3.